The summed E-state index contributed by atoms with van der Waals surface area (Å²) in [7, 11) is 0. The van der Waals surface area contributed by atoms with Gasteiger partial charge in [0.25, 0.3) is 5.91 Å². The second-order valence-electron chi connectivity index (χ2n) is 3.03. The molecule has 0 saturated carbocycles. The Labute approximate surface area is 89.5 Å². The van der Waals surface area contributed by atoms with E-state index in [4.69, 9.17) is 5.11 Å². The van der Waals surface area contributed by atoms with Crippen LogP contribution in [0.15, 0.2) is 35.2 Å². The zero-order chi connectivity index (χ0) is 11.5. The summed E-state index contributed by atoms with van der Waals surface area (Å²) in [5.74, 6) is -1.67. The third-order valence-corrected chi connectivity index (χ3v) is 1.89. The molecule has 0 bridgehead atoms. The van der Waals surface area contributed by atoms with Crippen molar-refractivity contribution in [3.63, 3.8) is 0 Å². The first-order chi connectivity index (χ1) is 7.66. The van der Waals surface area contributed by atoms with Crippen molar-refractivity contribution in [2.45, 2.75) is 0 Å². The van der Waals surface area contributed by atoms with Crippen LogP contribution in [0.4, 0.5) is 10.1 Å². The average molecular weight is 222 g/mol. The van der Waals surface area contributed by atoms with E-state index in [2.05, 4.69) is 15.0 Å². The first-order valence-corrected chi connectivity index (χ1v) is 4.36. The maximum absolute atomic E-state index is 13.3. The molecule has 0 atom stereocenters. The fourth-order valence-corrected chi connectivity index (χ4v) is 1.15. The number of hydrogen-bond donors (Lipinski definition) is 2. The van der Waals surface area contributed by atoms with Gasteiger partial charge in [0.05, 0.1) is 11.8 Å². The molecule has 0 aliphatic carbocycles. The quantitative estimate of drug-likeness (QED) is 0.811. The molecule has 1 aromatic carbocycles. The summed E-state index contributed by atoms with van der Waals surface area (Å²) >= 11 is 0. The Balaban J connectivity index is 2.21. The molecular formula is C10H7FN2O3. The number of anilines is 1. The highest BCUT2D eigenvalue weighted by molar-refractivity contribution is 6.04. The van der Waals surface area contributed by atoms with Crippen LogP contribution in [0, 0.1) is 5.82 Å². The second-order valence-corrected chi connectivity index (χ2v) is 3.03. The minimum Gasteiger partial charge on any atom is -0.508 e. The summed E-state index contributed by atoms with van der Waals surface area (Å²) in [5.41, 5.74) is 0.163. The van der Waals surface area contributed by atoms with Crippen molar-refractivity contribution in [1.29, 1.82) is 0 Å². The molecule has 1 heterocycles. The molecule has 5 nitrogen and oxygen atoms in total. The third kappa shape index (κ3) is 2.00. The van der Waals surface area contributed by atoms with Crippen molar-refractivity contribution in [3.05, 3.63) is 42.0 Å². The van der Waals surface area contributed by atoms with Crippen LogP contribution < -0.4 is 5.32 Å². The van der Waals surface area contributed by atoms with Crippen LogP contribution in [-0.2, 0) is 0 Å². The fourth-order valence-electron chi connectivity index (χ4n) is 1.15. The zero-order valence-electron chi connectivity index (χ0n) is 7.98. The number of nitrogens with zero attached hydrogens (tertiary/aromatic N) is 1. The molecule has 0 unspecified atom stereocenters. The molecule has 0 aliphatic rings. The largest absolute Gasteiger partial charge is 0.508 e. The van der Waals surface area contributed by atoms with Gasteiger partial charge in [0.2, 0.25) is 0 Å². The zero-order valence-corrected chi connectivity index (χ0v) is 7.98. The number of phenols is 1. The predicted octanol–water partition coefficient (Wildman–Crippen LogP) is 1.77. The van der Waals surface area contributed by atoms with Gasteiger partial charge >= 0.3 is 0 Å². The van der Waals surface area contributed by atoms with E-state index in [0.29, 0.717) is 5.69 Å². The van der Waals surface area contributed by atoms with Gasteiger partial charge < -0.3 is 14.9 Å². The van der Waals surface area contributed by atoms with Crippen LogP contribution in [0.1, 0.15) is 10.4 Å². The number of aromatic nitrogens is 1. The van der Waals surface area contributed by atoms with Crippen LogP contribution in [-0.4, -0.2) is 16.2 Å². The number of carbonyl (C=O) groups excluding carboxylic acids is 1. The minimum atomic E-state index is -0.797. The average Bonchev–Trinajstić information content (AvgIpc) is 2.70. The molecule has 16 heavy (non-hydrogen) atoms. The Kier molecular flexibility index (Phi) is 2.55. The summed E-state index contributed by atoms with van der Waals surface area (Å²) in [6, 6.07) is 3.28. The van der Waals surface area contributed by atoms with Crippen molar-refractivity contribution in [1.82, 2.24) is 5.16 Å². The van der Waals surface area contributed by atoms with Crippen molar-refractivity contribution < 1.29 is 18.8 Å². The monoisotopic (exact) mass is 222 g/mol. The number of aromatic hydroxyl groups is 1. The Morgan fingerprint density at radius 3 is 2.94 bits per heavy atom. The molecule has 0 radical (unpaired) electrons. The lowest BCUT2D eigenvalue weighted by molar-refractivity contribution is 0.102. The number of phenolic OH excluding ortho intramolecular Hbond substituents is 1. The number of amides is 1. The van der Waals surface area contributed by atoms with Gasteiger partial charge in [-0.3, -0.25) is 4.79 Å². The summed E-state index contributed by atoms with van der Waals surface area (Å²) in [5, 5.41) is 14.7. The highest BCUT2D eigenvalue weighted by atomic mass is 19.1. The van der Waals surface area contributed by atoms with E-state index < -0.39 is 11.7 Å². The number of nitrogens with one attached hydrogen (secondary N) is 1. The predicted molar refractivity (Wildman–Crippen MR) is 52.5 cm³/mol. The van der Waals surface area contributed by atoms with Crippen molar-refractivity contribution in [2.24, 2.45) is 0 Å². The van der Waals surface area contributed by atoms with Crippen molar-refractivity contribution >= 4 is 11.6 Å². The molecule has 2 aromatic rings. The molecule has 6 heteroatoms. The van der Waals surface area contributed by atoms with E-state index >= 15 is 0 Å². The van der Waals surface area contributed by atoms with Crippen LogP contribution in [0.25, 0.3) is 0 Å². The summed E-state index contributed by atoms with van der Waals surface area (Å²) in [6.45, 7) is 0. The Bertz CT molecular complexity index is 511. The third-order valence-electron chi connectivity index (χ3n) is 1.89. The van der Waals surface area contributed by atoms with Crippen LogP contribution in [0.2, 0.25) is 0 Å². The number of rotatable bonds is 2. The molecule has 2 rings (SSSR count). The smallest absolute Gasteiger partial charge is 0.258 e. The molecule has 0 saturated heterocycles. The summed E-state index contributed by atoms with van der Waals surface area (Å²) in [4.78, 5) is 11.5. The van der Waals surface area contributed by atoms with E-state index in [1.807, 2.05) is 0 Å². The van der Waals surface area contributed by atoms with Gasteiger partial charge in [-0.05, 0) is 12.1 Å². The minimum absolute atomic E-state index is 0.168. The highest BCUT2D eigenvalue weighted by Crippen LogP contribution is 2.16. The first-order valence-electron chi connectivity index (χ1n) is 4.36. The Morgan fingerprint density at radius 2 is 2.31 bits per heavy atom. The lowest BCUT2D eigenvalue weighted by atomic mass is 10.2. The van der Waals surface area contributed by atoms with Gasteiger partial charge in [0, 0.05) is 6.07 Å². The highest BCUT2D eigenvalue weighted by Gasteiger charge is 2.12. The standard InChI is InChI=1S/C10H7FN2O3/c11-9-3-7(14)1-2-8(9)10(15)13-6-4-12-16-5-6/h1-5,14H,(H,13,15). The number of carbonyl (C=O) groups is 1. The van der Waals surface area contributed by atoms with Gasteiger partial charge in [-0.1, -0.05) is 5.16 Å². The fraction of sp³-hybridized carbons (Fsp3) is 0. The molecule has 1 aromatic heterocycles. The van der Waals surface area contributed by atoms with Gasteiger partial charge in [0.1, 0.15) is 23.5 Å². The molecule has 0 spiro atoms. The lowest BCUT2D eigenvalue weighted by Crippen LogP contribution is -2.13. The molecule has 1 amide bonds. The molecule has 0 aliphatic heterocycles. The SMILES string of the molecule is O=C(Nc1cnoc1)c1ccc(O)cc1F. The second kappa shape index (κ2) is 4.01. The van der Waals surface area contributed by atoms with E-state index in [0.717, 1.165) is 6.07 Å². The van der Waals surface area contributed by atoms with Crippen LogP contribution in [0.3, 0.4) is 0 Å². The first kappa shape index (κ1) is 10.2. The van der Waals surface area contributed by atoms with E-state index in [-0.39, 0.29) is 11.3 Å². The van der Waals surface area contributed by atoms with Crippen molar-refractivity contribution in [3.8, 4) is 5.75 Å². The van der Waals surface area contributed by atoms with Gasteiger partial charge in [-0.2, -0.15) is 0 Å². The van der Waals surface area contributed by atoms with E-state index in [1.165, 1.54) is 24.6 Å². The van der Waals surface area contributed by atoms with Crippen LogP contribution >= 0.6 is 0 Å². The van der Waals surface area contributed by atoms with Gasteiger partial charge in [-0.25, -0.2) is 4.39 Å². The molecule has 2 N–H and O–H groups in total. The van der Waals surface area contributed by atoms with E-state index in [9.17, 15) is 9.18 Å². The molecular weight excluding hydrogens is 215 g/mol. The summed E-state index contributed by atoms with van der Waals surface area (Å²) in [6.07, 6.45) is 2.51. The maximum atomic E-state index is 13.3. The Hall–Kier alpha value is -2.37. The topological polar surface area (TPSA) is 75.4 Å². The van der Waals surface area contributed by atoms with Gasteiger partial charge in [-0.15, -0.1) is 0 Å². The molecule has 0 fully saturated rings. The Morgan fingerprint density at radius 1 is 1.50 bits per heavy atom. The summed E-state index contributed by atoms with van der Waals surface area (Å²) < 4.78 is 17.8. The van der Waals surface area contributed by atoms with E-state index in [1.54, 1.807) is 0 Å². The maximum Gasteiger partial charge on any atom is 0.258 e. The van der Waals surface area contributed by atoms with Crippen molar-refractivity contribution in [2.75, 3.05) is 5.32 Å². The number of halogens is 1. The molecule has 82 valence electrons. The number of hydrogen-bond acceptors (Lipinski definition) is 4. The van der Waals surface area contributed by atoms with Gasteiger partial charge in [0.15, 0.2) is 0 Å². The lowest BCUT2D eigenvalue weighted by Gasteiger charge is -2.03. The normalized spacial score (nSPS) is 10.1. The van der Waals surface area contributed by atoms with Crippen LogP contribution in [0.5, 0.6) is 5.75 Å². The number of benzene rings is 1.